The van der Waals surface area contributed by atoms with Crippen LogP contribution in [0.2, 0.25) is 0 Å². The highest BCUT2D eigenvalue weighted by Gasteiger charge is 2.37. The number of hydrogen-bond donors (Lipinski definition) is 1. The van der Waals surface area contributed by atoms with Crippen molar-refractivity contribution in [2.45, 2.75) is 37.1 Å². The van der Waals surface area contributed by atoms with Gasteiger partial charge in [0.25, 0.3) is 0 Å². The van der Waals surface area contributed by atoms with Crippen molar-refractivity contribution in [3.8, 4) is 0 Å². The number of halogens is 1. The van der Waals surface area contributed by atoms with E-state index in [1.807, 2.05) is 0 Å². The number of rotatable bonds is 5. The molecule has 0 radical (unpaired) electrons. The van der Waals surface area contributed by atoms with Gasteiger partial charge in [-0.05, 0) is 12.8 Å². The van der Waals surface area contributed by atoms with E-state index in [4.69, 9.17) is 4.42 Å². The summed E-state index contributed by atoms with van der Waals surface area (Å²) in [4.78, 5) is 25.6. The Bertz CT molecular complexity index is 825. The normalized spacial score (nSPS) is 21.3. The maximum Gasteiger partial charge on any atom is 0.373 e. The van der Waals surface area contributed by atoms with E-state index < -0.39 is 16.0 Å². The lowest BCUT2D eigenvalue weighted by Crippen LogP contribution is -2.57. The second-order valence-electron chi connectivity index (χ2n) is 6.67. The van der Waals surface area contributed by atoms with Crippen molar-refractivity contribution in [1.29, 1.82) is 0 Å². The van der Waals surface area contributed by atoms with Crippen molar-refractivity contribution in [1.82, 2.24) is 14.5 Å². The van der Waals surface area contributed by atoms with E-state index in [1.165, 1.54) is 17.5 Å². The number of sulfonamides is 1. The third-order valence-electron chi connectivity index (χ3n) is 5.02. The predicted octanol–water partition coefficient (Wildman–Crippen LogP) is 0.635. The molecule has 2 aliphatic rings. The molecule has 2 saturated heterocycles. The molecule has 1 amide bonds. The molecule has 1 unspecified atom stereocenters. The largest absolute Gasteiger partial charge is 0.463 e. The maximum absolute atomic E-state index is 13.2. The van der Waals surface area contributed by atoms with Gasteiger partial charge in [0.2, 0.25) is 21.7 Å². The monoisotopic (exact) mass is 435 g/mol. The standard InChI is InChI=1S/C17H25N3O6S.ClH/c1-3-13-15(9-14(26-13)17(22)25-2)27(23,24)19-7-4-5-12(11-19)20-8-6-18-10-16(20)21;/h9,12,18H,3-8,10-11H2,1-2H3;1H. The first-order valence-electron chi connectivity index (χ1n) is 9.09. The van der Waals surface area contributed by atoms with E-state index >= 15 is 0 Å². The number of piperazine rings is 1. The van der Waals surface area contributed by atoms with Gasteiger partial charge in [-0.3, -0.25) is 4.79 Å². The lowest BCUT2D eigenvalue weighted by molar-refractivity contribution is -0.135. The zero-order valence-corrected chi connectivity index (χ0v) is 17.6. The van der Waals surface area contributed by atoms with Crippen LogP contribution in [0.3, 0.4) is 0 Å². The van der Waals surface area contributed by atoms with Gasteiger partial charge in [0.15, 0.2) is 0 Å². The summed E-state index contributed by atoms with van der Waals surface area (Å²) in [6.07, 6.45) is 1.78. The van der Waals surface area contributed by atoms with Crippen molar-refractivity contribution in [2.75, 3.05) is 39.8 Å². The van der Waals surface area contributed by atoms with Crippen LogP contribution in [0.15, 0.2) is 15.4 Å². The van der Waals surface area contributed by atoms with Gasteiger partial charge < -0.3 is 19.4 Å². The maximum atomic E-state index is 13.2. The minimum absolute atomic E-state index is 0. The van der Waals surface area contributed by atoms with Gasteiger partial charge in [0.1, 0.15) is 10.7 Å². The highest BCUT2D eigenvalue weighted by Crippen LogP contribution is 2.28. The Hall–Kier alpha value is -1.62. The average molecular weight is 436 g/mol. The summed E-state index contributed by atoms with van der Waals surface area (Å²) in [5, 5.41) is 3.03. The summed E-state index contributed by atoms with van der Waals surface area (Å²) in [6.45, 7) is 3.96. The zero-order chi connectivity index (χ0) is 19.6. The molecule has 1 aromatic heterocycles. The second kappa shape index (κ2) is 9.25. The second-order valence-corrected chi connectivity index (χ2v) is 8.57. The molecule has 2 aliphatic heterocycles. The summed E-state index contributed by atoms with van der Waals surface area (Å²) in [5.41, 5.74) is 0. The van der Waals surface area contributed by atoms with Gasteiger partial charge in [0, 0.05) is 44.7 Å². The number of nitrogens with one attached hydrogen (secondary N) is 1. The van der Waals surface area contributed by atoms with Crippen LogP contribution in [0.1, 0.15) is 36.1 Å². The Morgan fingerprint density at radius 2 is 2.14 bits per heavy atom. The van der Waals surface area contributed by atoms with E-state index in [1.54, 1.807) is 11.8 Å². The lowest BCUT2D eigenvalue weighted by atomic mass is 10.1. The van der Waals surface area contributed by atoms with Crippen LogP contribution < -0.4 is 5.32 Å². The molecule has 28 heavy (non-hydrogen) atoms. The minimum Gasteiger partial charge on any atom is -0.463 e. The van der Waals surface area contributed by atoms with Gasteiger partial charge in [-0.1, -0.05) is 6.92 Å². The molecule has 3 rings (SSSR count). The number of nitrogens with zero attached hydrogens (tertiary/aromatic N) is 2. The molecule has 0 saturated carbocycles. The van der Waals surface area contributed by atoms with E-state index in [0.717, 1.165) is 6.42 Å². The van der Waals surface area contributed by atoms with Crippen molar-refractivity contribution in [2.24, 2.45) is 0 Å². The van der Waals surface area contributed by atoms with Gasteiger partial charge in [-0.2, -0.15) is 4.31 Å². The Labute approximate surface area is 170 Å². The Morgan fingerprint density at radius 3 is 2.79 bits per heavy atom. The SMILES string of the molecule is CCc1oc(C(=O)OC)cc1S(=O)(=O)N1CCCC(N2CCNCC2=O)C1.Cl. The van der Waals surface area contributed by atoms with Gasteiger partial charge in [0.05, 0.1) is 13.7 Å². The fourth-order valence-corrected chi connectivity index (χ4v) is 5.36. The van der Waals surface area contributed by atoms with Gasteiger partial charge in [-0.25, -0.2) is 13.2 Å². The number of amides is 1. The first kappa shape index (κ1) is 22.7. The molecular weight excluding hydrogens is 410 g/mol. The summed E-state index contributed by atoms with van der Waals surface area (Å²) < 4.78 is 37.8. The number of ether oxygens (including phenoxy) is 1. The summed E-state index contributed by atoms with van der Waals surface area (Å²) in [7, 11) is -2.62. The van der Waals surface area contributed by atoms with E-state index in [-0.39, 0.29) is 53.9 Å². The molecule has 9 nitrogen and oxygen atoms in total. The Balaban J connectivity index is 0.00000280. The number of methoxy groups -OCH3 is 1. The summed E-state index contributed by atoms with van der Waals surface area (Å²) in [6, 6.07) is 1.10. The average Bonchev–Trinajstić information content (AvgIpc) is 3.13. The van der Waals surface area contributed by atoms with Crippen LogP contribution in [0, 0.1) is 0 Å². The van der Waals surface area contributed by atoms with Crippen LogP contribution in [-0.2, 0) is 26.0 Å². The van der Waals surface area contributed by atoms with E-state index in [2.05, 4.69) is 10.1 Å². The van der Waals surface area contributed by atoms with Crippen LogP contribution in [0.25, 0.3) is 0 Å². The third-order valence-corrected chi connectivity index (χ3v) is 6.93. The van der Waals surface area contributed by atoms with Crippen molar-refractivity contribution in [3.63, 3.8) is 0 Å². The Kier molecular flexibility index (Phi) is 7.49. The smallest absolute Gasteiger partial charge is 0.373 e. The van der Waals surface area contributed by atoms with E-state index in [0.29, 0.717) is 32.5 Å². The number of piperidine rings is 1. The highest BCUT2D eigenvalue weighted by molar-refractivity contribution is 7.89. The van der Waals surface area contributed by atoms with Crippen LogP contribution in [0.4, 0.5) is 0 Å². The molecule has 2 fully saturated rings. The minimum atomic E-state index is -3.84. The van der Waals surface area contributed by atoms with Crippen LogP contribution in [0.5, 0.6) is 0 Å². The van der Waals surface area contributed by atoms with Crippen LogP contribution in [-0.4, -0.2) is 75.4 Å². The first-order valence-corrected chi connectivity index (χ1v) is 10.5. The van der Waals surface area contributed by atoms with E-state index in [9.17, 15) is 18.0 Å². The number of hydrogen-bond acceptors (Lipinski definition) is 7. The van der Waals surface area contributed by atoms with Crippen molar-refractivity contribution < 1.29 is 27.2 Å². The van der Waals surface area contributed by atoms with Crippen molar-refractivity contribution in [3.05, 3.63) is 17.6 Å². The molecule has 3 heterocycles. The van der Waals surface area contributed by atoms with Crippen molar-refractivity contribution >= 4 is 34.3 Å². The molecule has 1 N–H and O–H groups in total. The Morgan fingerprint density at radius 1 is 1.39 bits per heavy atom. The molecule has 158 valence electrons. The number of aryl methyl sites for hydroxylation is 1. The first-order chi connectivity index (χ1) is 12.9. The molecule has 0 spiro atoms. The van der Waals surface area contributed by atoms with Gasteiger partial charge in [-0.15, -0.1) is 12.4 Å². The predicted molar refractivity (Wildman–Crippen MR) is 103 cm³/mol. The zero-order valence-electron chi connectivity index (χ0n) is 16.0. The molecule has 0 aliphatic carbocycles. The lowest BCUT2D eigenvalue weighted by Gasteiger charge is -2.40. The number of carbonyl (C=O) groups excluding carboxylic acids is 2. The van der Waals surface area contributed by atoms with Gasteiger partial charge >= 0.3 is 5.97 Å². The topological polar surface area (TPSA) is 109 Å². The highest BCUT2D eigenvalue weighted by atomic mass is 35.5. The molecule has 0 aromatic carbocycles. The summed E-state index contributed by atoms with van der Waals surface area (Å²) in [5.74, 6) is -0.611. The fraction of sp³-hybridized carbons (Fsp3) is 0.647. The fourth-order valence-electron chi connectivity index (χ4n) is 3.62. The number of esters is 1. The number of carbonyl (C=O) groups is 2. The molecule has 1 atom stereocenters. The molecular formula is C17H26ClN3O6S. The summed E-state index contributed by atoms with van der Waals surface area (Å²) >= 11 is 0. The molecule has 0 bridgehead atoms. The molecule has 1 aromatic rings. The number of furan rings is 1. The molecule has 11 heteroatoms. The quantitative estimate of drug-likeness (QED) is 0.675. The van der Waals surface area contributed by atoms with Crippen LogP contribution >= 0.6 is 12.4 Å². The third kappa shape index (κ3) is 4.35.